The zero-order valence-electron chi connectivity index (χ0n) is 4.89. The Morgan fingerprint density at radius 1 is 1.88 bits per heavy atom. The third-order valence-electron chi connectivity index (χ3n) is 0.621. The maximum atomic E-state index is 8.05. The molecule has 44 valence electrons. The second kappa shape index (κ2) is 4.13. The van der Waals surface area contributed by atoms with Gasteiger partial charge in [-0.15, -0.1) is 0 Å². The Morgan fingerprint density at radius 2 is 2.50 bits per heavy atom. The number of nitrogens with zero attached hydrogens (tertiary/aromatic N) is 2. The maximum Gasteiger partial charge on any atom is 0.108 e. The van der Waals surface area contributed by atoms with Gasteiger partial charge in [-0.2, -0.15) is 5.26 Å². The number of nitrogens with two attached hydrogens (primary N) is 1. The topological polar surface area (TPSA) is 62.2 Å². The molecule has 0 atom stereocenters. The van der Waals surface area contributed by atoms with E-state index in [4.69, 9.17) is 11.0 Å². The average Bonchev–Trinajstić information content (AvgIpc) is 1.68. The van der Waals surface area contributed by atoms with Crippen LogP contribution in [0.5, 0.6) is 0 Å². The molecule has 0 saturated carbocycles. The van der Waals surface area contributed by atoms with Gasteiger partial charge in [0.2, 0.25) is 0 Å². The van der Waals surface area contributed by atoms with Crippen LogP contribution in [0.25, 0.3) is 0 Å². The van der Waals surface area contributed by atoms with E-state index >= 15 is 0 Å². The highest BCUT2D eigenvalue weighted by Gasteiger charge is 1.84. The first-order chi connectivity index (χ1) is 3.81. The van der Waals surface area contributed by atoms with Gasteiger partial charge in [-0.05, 0) is 6.92 Å². The molecule has 0 aromatic rings. The monoisotopic (exact) mass is 111 g/mol. The van der Waals surface area contributed by atoms with E-state index in [1.807, 2.05) is 13.0 Å². The molecule has 2 N–H and O–H groups in total. The largest absolute Gasteiger partial charge is 0.387 e. The summed E-state index contributed by atoms with van der Waals surface area (Å²) in [5.41, 5.74) is 5.22. The Kier molecular flexibility index (Phi) is 3.59. The third-order valence-corrected chi connectivity index (χ3v) is 0.621. The number of amidine groups is 1. The molecule has 0 aliphatic rings. The molecular formula is C5H9N3. The van der Waals surface area contributed by atoms with Crippen LogP contribution in [0.15, 0.2) is 4.99 Å². The van der Waals surface area contributed by atoms with Crippen LogP contribution in [-0.2, 0) is 0 Å². The molecule has 3 heteroatoms. The Labute approximate surface area is 48.8 Å². The molecule has 0 bridgehead atoms. The van der Waals surface area contributed by atoms with Crippen molar-refractivity contribution in [1.29, 1.82) is 5.26 Å². The highest BCUT2D eigenvalue weighted by molar-refractivity contribution is 5.82. The smallest absolute Gasteiger partial charge is 0.108 e. The van der Waals surface area contributed by atoms with Crippen LogP contribution in [-0.4, -0.2) is 12.4 Å². The summed E-state index contributed by atoms with van der Waals surface area (Å²) in [5, 5.41) is 8.05. The van der Waals surface area contributed by atoms with Gasteiger partial charge in [0, 0.05) is 6.54 Å². The van der Waals surface area contributed by atoms with Crippen LogP contribution in [0.2, 0.25) is 0 Å². The fraction of sp³-hybridized carbons (Fsp3) is 0.600. The minimum Gasteiger partial charge on any atom is -0.387 e. The van der Waals surface area contributed by atoms with Crippen LogP contribution in [0.4, 0.5) is 0 Å². The summed E-state index contributed by atoms with van der Waals surface area (Å²) in [6.07, 6.45) is 0.244. The minimum atomic E-state index is 0.244. The van der Waals surface area contributed by atoms with Gasteiger partial charge in [0.15, 0.2) is 0 Å². The van der Waals surface area contributed by atoms with Gasteiger partial charge in [0.1, 0.15) is 5.84 Å². The SMILES string of the molecule is CCN=C(N)CC#N. The number of rotatable bonds is 2. The Morgan fingerprint density at radius 3 is 2.88 bits per heavy atom. The minimum absolute atomic E-state index is 0.244. The summed E-state index contributed by atoms with van der Waals surface area (Å²) in [5.74, 6) is 0.426. The van der Waals surface area contributed by atoms with Crippen LogP contribution in [0.1, 0.15) is 13.3 Å². The highest BCUT2D eigenvalue weighted by atomic mass is 14.8. The van der Waals surface area contributed by atoms with Crippen molar-refractivity contribution in [2.24, 2.45) is 10.7 Å². The molecule has 3 nitrogen and oxygen atoms in total. The highest BCUT2D eigenvalue weighted by Crippen LogP contribution is 1.75. The van der Waals surface area contributed by atoms with Crippen molar-refractivity contribution in [3.63, 3.8) is 0 Å². The number of aliphatic imine (C=N–C) groups is 1. The molecule has 0 aromatic heterocycles. The molecule has 0 aliphatic heterocycles. The average molecular weight is 111 g/mol. The van der Waals surface area contributed by atoms with E-state index < -0.39 is 0 Å². The van der Waals surface area contributed by atoms with Crippen molar-refractivity contribution in [3.8, 4) is 6.07 Å². The van der Waals surface area contributed by atoms with Crippen molar-refractivity contribution in [2.45, 2.75) is 13.3 Å². The number of hydrogen-bond donors (Lipinski definition) is 1. The van der Waals surface area contributed by atoms with Crippen LogP contribution >= 0.6 is 0 Å². The van der Waals surface area contributed by atoms with Crippen molar-refractivity contribution >= 4 is 5.84 Å². The molecule has 0 heterocycles. The lowest BCUT2D eigenvalue weighted by atomic mass is 10.4. The summed E-state index contributed by atoms with van der Waals surface area (Å²) in [6, 6.07) is 1.90. The van der Waals surface area contributed by atoms with E-state index in [9.17, 15) is 0 Å². The van der Waals surface area contributed by atoms with E-state index in [0.29, 0.717) is 12.4 Å². The summed E-state index contributed by atoms with van der Waals surface area (Å²) in [6.45, 7) is 2.54. The molecule has 0 amide bonds. The van der Waals surface area contributed by atoms with E-state index in [2.05, 4.69) is 4.99 Å². The maximum absolute atomic E-state index is 8.05. The van der Waals surface area contributed by atoms with Crippen LogP contribution in [0, 0.1) is 11.3 Å². The molecule has 0 radical (unpaired) electrons. The first-order valence-corrected chi connectivity index (χ1v) is 2.47. The fourth-order valence-corrected chi connectivity index (χ4v) is 0.340. The molecule has 0 spiro atoms. The van der Waals surface area contributed by atoms with E-state index in [1.165, 1.54) is 0 Å². The first kappa shape index (κ1) is 6.96. The Bertz CT molecular complexity index is 120. The lowest BCUT2D eigenvalue weighted by Crippen LogP contribution is -2.10. The predicted octanol–water partition coefficient (Wildman–Crippen LogP) is 0.277. The number of nitriles is 1. The molecule has 0 saturated heterocycles. The molecule has 0 rings (SSSR count). The van der Waals surface area contributed by atoms with Crippen molar-refractivity contribution < 1.29 is 0 Å². The normalized spacial score (nSPS) is 10.8. The van der Waals surface area contributed by atoms with E-state index in [0.717, 1.165) is 0 Å². The van der Waals surface area contributed by atoms with Gasteiger partial charge in [-0.3, -0.25) is 4.99 Å². The zero-order valence-corrected chi connectivity index (χ0v) is 4.89. The van der Waals surface area contributed by atoms with Gasteiger partial charge in [-0.25, -0.2) is 0 Å². The predicted molar refractivity (Wildman–Crippen MR) is 32.4 cm³/mol. The Balaban J connectivity index is 3.49. The summed E-state index contributed by atoms with van der Waals surface area (Å²) >= 11 is 0. The second-order valence-electron chi connectivity index (χ2n) is 1.30. The lowest BCUT2D eigenvalue weighted by molar-refractivity contribution is 1.11. The van der Waals surface area contributed by atoms with Crippen molar-refractivity contribution in [2.75, 3.05) is 6.54 Å². The van der Waals surface area contributed by atoms with E-state index in [1.54, 1.807) is 0 Å². The standard InChI is InChI=1S/C5H9N3/c1-2-8-5(7)3-4-6/h2-3H2,1H3,(H2,7,8). The van der Waals surface area contributed by atoms with Gasteiger partial charge in [-0.1, -0.05) is 0 Å². The first-order valence-electron chi connectivity index (χ1n) is 2.47. The molecule has 8 heavy (non-hydrogen) atoms. The van der Waals surface area contributed by atoms with E-state index in [-0.39, 0.29) is 6.42 Å². The fourth-order valence-electron chi connectivity index (χ4n) is 0.340. The molecule has 0 aromatic carbocycles. The van der Waals surface area contributed by atoms with Crippen LogP contribution < -0.4 is 5.73 Å². The molecule has 0 fully saturated rings. The van der Waals surface area contributed by atoms with Crippen LogP contribution in [0.3, 0.4) is 0 Å². The number of hydrogen-bond acceptors (Lipinski definition) is 2. The van der Waals surface area contributed by atoms with Gasteiger partial charge in [0.05, 0.1) is 12.5 Å². The summed E-state index contributed by atoms with van der Waals surface area (Å²) in [7, 11) is 0. The van der Waals surface area contributed by atoms with Gasteiger partial charge in [0.25, 0.3) is 0 Å². The third kappa shape index (κ3) is 3.16. The molecular weight excluding hydrogens is 102 g/mol. The van der Waals surface area contributed by atoms with Gasteiger partial charge >= 0.3 is 0 Å². The molecule has 0 aliphatic carbocycles. The quantitative estimate of drug-likeness (QED) is 0.411. The lowest BCUT2D eigenvalue weighted by Gasteiger charge is -1.87. The summed E-state index contributed by atoms with van der Waals surface area (Å²) < 4.78 is 0. The van der Waals surface area contributed by atoms with Gasteiger partial charge < -0.3 is 5.73 Å². The summed E-state index contributed by atoms with van der Waals surface area (Å²) in [4.78, 5) is 3.79. The molecule has 0 unspecified atom stereocenters. The van der Waals surface area contributed by atoms with Crippen molar-refractivity contribution in [3.05, 3.63) is 0 Å². The van der Waals surface area contributed by atoms with Crippen molar-refractivity contribution in [1.82, 2.24) is 0 Å². The Hall–Kier alpha value is -1.04. The second-order valence-corrected chi connectivity index (χ2v) is 1.30. The zero-order chi connectivity index (χ0) is 6.41.